The molecule has 1 heterocycles. The lowest BCUT2D eigenvalue weighted by atomic mass is 10.1. The number of esters is 1. The maximum atomic E-state index is 11.2. The molecule has 0 bridgehead atoms. The third-order valence-corrected chi connectivity index (χ3v) is 2.81. The summed E-state index contributed by atoms with van der Waals surface area (Å²) in [5.41, 5.74) is 2.25. The molecule has 0 N–H and O–H groups in total. The Kier molecular flexibility index (Phi) is 4.72. The van der Waals surface area contributed by atoms with Gasteiger partial charge in [-0.2, -0.15) is 5.10 Å². The Morgan fingerprint density at radius 3 is 2.79 bits per heavy atom. The summed E-state index contributed by atoms with van der Waals surface area (Å²) in [6.07, 6.45) is 5.03. The minimum Gasteiger partial charge on any atom is -0.466 e. The number of aromatic nitrogens is 2. The fourth-order valence-corrected chi connectivity index (χ4v) is 1.88. The second kappa shape index (κ2) is 6.73. The Morgan fingerprint density at radius 2 is 2.05 bits per heavy atom. The van der Waals surface area contributed by atoms with Crippen molar-refractivity contribution in [2.24, 2.45) is 0 Å². The molecule has 4 nitrogen and oxygen atoms in total. The van der Waals surface area contributed by atoms with Gasteiger partial charge >= 0.3 is 5.97 Å². The molecule has 0 aliphatic heterocycles. The van der Waals surface area contributed by atoms with Gasteiger partial charge in [0.05, 0.1) is 12.8 Å². The normalized spacial score (nSPS) is 10.4. The molecular formula is C15H18N2O2. The zero-order valence-electron chi connectivity index (χ0n) is 11.1. The highest BCUT2D eigenvalue weighted by molar-refractivity contribution is 5.69. The largest absolute Gasteiger partial charge is 0.466 e. The second-order valence-corrected chi connectivity index (χ2v) is 4.27. The summed E-state index contributed by atoms with van der Waals surface area (Å²) in [6.45, 7) is 2.99. The Hall–Kier alpha value is -2.10. The minimum absolute atomic E-state index is 0.141. The third kappa shape index (κ3) is 3.95. The number of nitrogens with zero attached hydrogens (tertiary/aromatic N) is 2. The van der Waals surface area contributed by atoms with Gasteiger partial charge in [0.25, 0.3) is 0 Å². The molecule has 2 rings (SSSR count). The van der Waals surface area contributed by atoms with Crippen LogP contribution in [0.1, 0.15) is 19.8 Å². The number of carbonyl (C=O) groups is 1. The van der Waals surface area contributed by atoms with Gasteiger partial charge in [-0.3, -0.25) is 9.48 Å². The van der Waals surface area contributed by atoms with E-state index in [1.165, 1.54) is 0 Å². The van der Waals surface area contributed by atoms with Crippen molar-refractivity contribution in [1.29, 1.82) is 0 Å². The first-order chi connectivity index (χ1) is 9.29. The van der Waals surface area contributed by atoms with Crippen LogP contribution in [-0.2, 0) is 16.1 Å². The van der Waals surface area contributed by atoms with Gasteiger partial charge in [0.15, 0.2) is 0 Å². The number of aryl methyl sites for hydroxylation is 1. The molecule has 4 heteroatoms. The highest BCUT2D eigenvalue weighted by Crippen LogP contribution is 2.17. The van der Waals surface area contributed by atoms with Crippen molar-refractivity contribution in [3.63, 3.8) is 0 Å². The van der Waals surface area contributed by atoms with E-state index in [2.05, 4.69) is 17.2 Å². The fraction of sp³-hybridized carbons (Fsp3) is 0.333. The van der Waals surface area contributed by atoms with Gasteiger partial charge in [0.2, 0.25) is 0 Å². The number of rotatable bonds is 6. The van der Waals surface area contributed by atoms with Gasteiger partial charge < -0.3 is 4.74 Å². The highest BCUT2D eigenvalue weighted by atomic mass is 16.5. The Morgan fingerprint density at radius 1 is 1.26 bits per heavy atom. The molecule has 0 atom stereocenters. The molecule has 0 fully saturated rings. The van der Waals surface area contributed by atoms with Gasteiger partial charge in [0.1, 0.15) is 0 Å². The summed E-state index contributed by atoms with van der Waals surface area (Å²) in [4.78, 5) is 11.2. The first-order valence-electron chi connectivity index (χ1n) is 6.53. The van der Waals surface area contributed by atoms with E-state index in [9.17, 15) is 4.79 Å². The third-order valence-electron chi connectivity index (χ3n) is 2.81. The Balaban J connectivity index is 1.86. The lowest BCUT2D eigenvalue weighted by Crippen LogP contribution is -2.06. The predicted octanol–water partition coefficient (Wildman–Crippen LogP) is 2.89. The van der Waals surface area contributed by atoms with Crippen LogP contribution >= 0.6 is 0 Å². The maximum Gasteiger partial charge on any atom is 0.305 e. The van der Waals surface area contributed by atoms with Crippen molar-refractivity contribution >= 4 is 5.97 Å². The molecule has 1 aromatic heterocycles. The zero-order valence-corrected chi connectivity index (χ0v) is 11.1. The predicted molar refractivity (Wildman–Crippen MR) is 73.5 cm³/mol. The molecule has 0 spiro atoms. The van der Waals surface area contributed by atoms with Crippen molar-refractivity contribution in [2.75, 3.05) is 6.61 Å². The van der Waals surface area contributed by atoms with Crippen LogP contribution in [0.4, 0.5) is 0 Å². The summed E-state index contributed by atoms with van der Waals surface area (Å²) in [7, 11) is 0. The van der Waals surface area contributed by atoms with E-state index in [-0.39, 0.29) is 5.97 Å². The molecule has 100 valence electrons. The average molecular weight is 258 g/mol. The Bertz CT molecular complexity index is 520. The van der Waals surface area contributed by atoms with Gasteiger partial charge in [-0.05, 0) is 18.9 Å². The van der Waals surface area contributed by atoms with Crippen LogP contribution < -0.4 is 0 Å². The monoisotopic (exact) mass is 258 g/mol. The number of hydrogen-bond donors (Lipinski definition) is 0. The highest BCUT2D eigenvalue weighted by Gasteiger charge is 2.03. The Labute approximate surface area is 113 Å². The van der Waals surface area contributed by atoms with Crippen molar-refractivity contribution in [2.45, 2.75) is 26.3 Å². The van der Waals surface area contributed by atoms with Gasteiger partial charge in [-0.1, -0.05) is 30.3 Å². The first-order valence-corrected chi connectivity index (χ1v) is 6.53. The molecule has 0 saturated carbocycles. The number of carbonyl (C=O) groups excluding carboxylic acids is 1. The molecule has 0 aliphatic rings. The summed E-state index contributed by atoms with van der Waals surface area (Å²) in [5.74, 6) is -0.141. The molecule has 0 radical (unpaired) electrons. The molecule has 19 heavy (non-hydrogen) atoms. The van der Waals surface area contributed by atoms with Gasteiger partial charge in [-0.25, -0.2) is 0 Å². The molecule has 1 aromatic carbocycles. The van der Waals surface area contributed by atoms with Crippen molar-refractivity contribution in [3.05, 3.63) is 42.7 Å². The first kappa shape index (κ1) is 13.3. The standard InChI is InChI=1S/C15H18N2O2/c1-2-19-15(18)9-6-10-17-12-14(11-16-17)13-7-4-3-5-8-13/h3-5,7-8,11-12H,2,6,9-10H2,1H3. The van der Waals surface area contributed by atoms with Crippen LogP contribution in [0.5, 0.6) is 0 Å². The topological polar surface area (TPSA) is 44.1 Å². The maximum absolute atomic E-state index is 11.2. The summed E-state index contributed by atoms with van der Waals surface area (Å²) < 4.78 is 6.75. The summed E-state index contributed by atoms with van der Waals surface area (Å²) in [5, 5.41) is 4.30. The molecule has 0 unspecified atom stereocenters. The zero-order chi connectivity index (χ0) is 13.5. The molecule has 0 amide bonds. The van der Waals surface area contributed by atoms with E-state index in [0.29, 0.717) is 13.0 Å². The SMILES string of the molecule is CCOC(=O)CCCn1cc(-c2ccccc2)cn1. The molecule has 2 aromatic rings. The van der Waals surface area contributed by atoms with Gasteiger partial charge in [0, 0.05) is 24.7 Å². The van der Waals surface area contributed by atoms with E-state index in [0.717, 1.165) is 24.1 Å². The summed E-state index contributed by atoms with van der Waals surface area (Å²) in [6, 6.07) is 10.1. The molecular weight excluding hydrogens is 240 g/mol. The van der Waals surface area contributed by atoms with Crippen LogP contribution in [0.25, 0.3) is 11.1 Å². The second-order valence-electron chi connectivity index (χ2n) is 4.27. The van der Waals surface area contributed by atoms with Crippen molar-refractivity contribution in [1.82, 2.24) is 9.78 Å². The quantitative estimate of drug-likeness (QED) is 0.748. The summed E-state index contributed by atoms with van der Waals surface area (Å²) >= 11 is 0. The van der Waals surface area contributed by atoms with Gasteiger partial charge in [-0.15, -0.1) is 0 Å². The van der Waals surface area contributed by atoms with Crippen molar-refractivity contribution < 1.29 is 9.53 Å². The average Bonchev–Trinajstić information content (AvgIpc) is 2.89. The van der Waals surface area contributed by atoms with E-state index >= 15 is 0 Å². The van der Waals surface area contributed by atoms with Crippen molar-refractivity contribution in [3.8, 4) is 11.1 Å². The van der Waals surface area contributed by atoms with Crippen LogP contribution in [-0.4, -0.2) is 22.4 Å². The minimum atomic E-state index is -0.141. The lowest BCUT2D eigenvalue weighted by Gasteiger charge is -2.02. The van der Waals surface area contributed by atoms with E-state index in [4.69, 9.17) is 4.74 Å². The number of hydrogen-bond acceptors (Lipinski definition) is 3. The van der Waals surface area contributed by atoms with Crippen LogP contribution in [0, 0.1) is 0 Å². The van der Waals surface area contributed by atoms with Crippen LogP contribution in [0.15, 0.2) is 42.7 Å². The smallest absolute Gasteiger partial charge is 0.305 e. The molecule has 0 saturated heterocycles. The number of benzene rings is 1. The van der Waals surface area contributed by atoms with Crippen LogP contribution in [0.3, 0.4) is 0 Å². The lowest BCUT2D eigenvalue weighted by molar-refractivity contribution is -0.143. The van der Waals surface area contributed by atoms with E-state index < -0.39 is 0 Å². The van der Waals surface area contributed by atoms with E-state index in [1.807, 2.05) is 42.2 Å². The van der Waals surface area contributed by atoms with Crippen LogP contribution in [0.2, 0.25) is 0 Å². The fourth-order valence-electron chi connectivity index (χ4n) is 1.88. The van der Waals surface area contributed by atoms with E-state index in [1.54, 1.807) is 0 Å². The molecule has 0 aliphatic carbocycles. The number of ether oxygens (including phenoxy) is 1.